The van der Waals surface area contributed by atoms with Crippen LogP contribution in [0.2, 0.25) is 5.02 Å². The third kappa shape index (κ3) is 5.91. The molecule has 1 fully saturated rings. The van der Waals surface area contributed by atoms with Crippen molar-refractivity contribution in [3.05, 3.63) is 101 Å². The maximum atomic E-state index is 13.5. The first-order valence-electron chi connectivity index (χ1n) is 10.7. The molecule has 1 aliphatic rings. The zero-order valence-electron chi connectivity index (χ0n) is 17.7. The molecule has 0 bridgehead atoms. The Labute approximate surface area is 192 Å². The van der Waals surface area contributed by atoms with Gasteiger partial charge >= 0.3 is 0 Å². The highest BCUT2D eigenvalue weighted by Crippen LogP contribution is 2.25. The molecular weight excluding hydrogens is 427 g/mol. The molecule has 5 nitrogen and oxygen atoms in total. The van der Waals surface area contributed by atoms with Crippen LogP contribution >= 0.6 is 11.6 Å². The first-order valence-corrected chi connectivity index (χ1v) is 11.1. The number of nitrogens with zero attached hydrogens (tertiary/aromatic N) is 2. The number of rotatable bonds is 8. The van der Waals surface area contributed by atoms with E-state index in [-0.39, 0.29) is 23.8 Å². The second kappa shape index (κ2) is 10.7. The van der Waals surface area contributed by atoms with Crippen LogP contribution in [0.1, 0.15) is 23.1 Å². The molecule has 1 amide bonds. The highest BCUT2D eigenvalue weighted by Gasteiger charge is 2.36. The maximum Gasteiger partial charge on any atom is 0.237 e. The predicted molar refractivity (Wildman–Crippen MR) is 123 cm³/mol. The first kappa shape index (κ1) is 22.4. The fraction of sp³-hybridized carbons (Fsp3) is 0.280. The summed E-state index contributed by atoms with van der Waals surface area (Å²) in [4.78, 5) is 19.3. The minimum atomic E-state index is -0.284. The lowest BCUT2D eigenvalue weighted by Crippen LogP contribution is -2.42. The number of pyridine rings is 1. The summed E-state index contributed by atoms with van der Waals surface area (Å²) in [5.41, 5.74) is 2.83. The Morgan fingerprint density at radius 2 is 1.94 bits per heavy atom. The summed E-state index contributed by atoms with van der Waals surface area (Å²) in [6.07, 6.45) is 4.13. The highest BCUT2D eigenvalue weighted by atomic mass is 35.5. The molecule has 2 aromatic carbocycles. The van der Waals surface area contributed by atoms with E-state index in [0.717, 1.165) is 16.7 Å². The van der Waals surface area contributed by atoms with Crippen molar-refractivity contribution in [3.8, 4) is 0 Å². The fourth-order valence-electron chi connectivity index (χ4n) is 4.06. The number of nitrogens with one attached hydrogen (secondary N) is 2. The van der Waals surface area contributed by atoms with E-state index in [0.29, 0.717) is 37.6 Å². The van der Waals surface area contributed by atoms with Crippen molar-refractivity contribution in [2.45, 2.75) is 38.1 Å². The van der Waals surface area contributed by atoms with Gasteiger partial charge in [0, 0.05) is 49.6 Å². The topological polar surface area (TPSA) is 57.3 Å². The van der Waals surface area contributed by atoms with Crippen LogP contribution in [0.4, 0.5) is 4.39 Å². The van der Waals surface area contributed by atoms with Crippen molar-refractivity contribution >= 4 is 17.5 Å². The number of halogens is 2. The standard InChI is InChI=1S/C25H26ClFN4O/c26-23-9-2-1-7-20(23)16-31-17-22(29-14-18-5-3-8-21(27)11-18)12-24(31)25(32)30-15-19-6-4-10-28-13-19/h1-11,13,22,24,29H,12,14-17H2,(H,30,32)/t22-,24-/m0/s1. The number of carbonyl (C=O) groups excluding carboxylic acids is 1. The number of benzene rings is 2. The molecule has 0 aliphatic carbocycles. The third-order valence-electron chi connectivity index (χ3n) is 5.71. The van der Waals surface area contributed by atoms with Crippen LogP contribution in [0.5, 0.6) is 0 Å². The average Bonchev–Trinajstić information content (AvgIpc) is 3.21. The molecule has 2 atom stereocenters. The van der Waals surface area contributed by atoms with Crippen molar-refractivity contribution in [1.82, 2.24) is 20.5 Å². The Kier molecular flexibility index (Phi) is 7.47. The number of carbonyl (C=O) groups is 1. The zero-order valence-corrected chi connectivity index (χ0v) is 18.4. The van der Waals surface area contributed by atoms with Crippen LogP contribution in [-0.4, -0.2) is 34.4 Å². The molecule has 32 heavy (non-hydrogen) atoms. The lowest BCUT2D eigenvalue weighted by molar-refractivity contribution is -0.125. The minimum Gasteiger partial charge on any atom is -0.351 e. The molecule has 0 radical (unpaired) electrons. The SMILES string of the molecule is O=C(NCc1cccnc1)[C@@H]1C[C@H](NCc2cccc(F)c2)CN1Cc1ccccc1Cl. The third-order valence-corrected chi connectivity index (χ3v) is 6.08. The second-order valence-electron chi connectivity index (χ2n) is 8.06. The van der Waals surface area contributed by atoms with Crippen LogP contribution in [0.3, 0.4) is 0 Å². The molecule has 1 saturated heterocycles. The molecule has 1 aliphatic heterocycles. The largest absolute Gasteiger partial charge is 0.351 e. The van der Waals surface area contributed by atoms with Crippen molar-refractivity contribution < 1.29 is 9.18 Å². The summed E-state index contributed by atoms with van der Waals surface area (Å²) in [5, 5.41) is 7.22. The van der Waals surface area contributed by atoms with Crippen molar-refractivity contribution in [3.63, 3.8) is 0 Å². The van der Waals surface area contributed by atoms with E-state index in [1.165, 1.54) is 12.1 Å². The van der Waals surface area contributed by atoms with Gasteiger partial charge in [0.2, 0.25) is 5.91 Å². The summed E-state index contributed by atoms with van der Waals surface area (Å²) in [7, 11) is 0. The molecule has 3 aromatic rings. The Hall–Kier alpha value is -2.80. The van der Waals surface area contributed by atoms with E-state index in [2.05, 4.69) is 20.5 Å². The maximum absolute atomic E-state index is 13.5. The van der Waals surface area contributed by atoms with Gasteiger partial charge in [0.15, 0.2) is 0 Å². The number of hydrogen-bond acceptors (Lipinski definition) is 4. The van der Waals surface area contributed by atoms with Crippen LogP contribution in [0.15, 0.2) is 73.1 Å². The normalized spacial score (nSPS) is 18.6. The quantitative estimate of drug-likeness (QED) is 0.544. The van der Waals surface area contributed by atoms with E-state index < -0.39 is 0 Å². The Morgan fingerprint density at radius 1 is 1.09 bits per heavy atom. The summed E-state index contributed by atoms with van der Waals surface area (Å²) >= 11 is 6.38. The van der Waals surface area contributed by atoms with Gasteiger partial charge in [-0.1, -0.05) is 48.0 Å². The second-order valence-corrected chi connectivity index (χ2v) is 8.47. The summed E-state index contributed by atoms with van der Waals surface area (Å²) in [5.74, 6) is -0.264. The van der Waals surface area contributed by atoms with Crippen molar-refractivity contribution in [1.29, 1.82) is 0 Å². The van der Waals surface area contributed by atoms with Gasteiger partial charge in [-0.15, -0.1) is 0 Å². The lowest BCUT2D eigenvalue weighted by atomic mass is 10.1. The van der Waals surface area contributed by atoms with E-state index in [1.54, 1.807) is 18.5 Å². The number of hydrogen-bond donors (Lipinski definition) is 2. The first-order chi connectivity index (χ1) is 15.6. The van der Waals surface area contributed by atoms with Gasteiger partial charge in [0.1, 0.15) is 5.82 Å². The molecule has 7 heteroatoms. The summed E-state index contributed by atoms with van der Waals surface area (Å²) in [6.45, 7) is 2.27. The Morgan fingerprint density at radius 3 is 2.72 bits per heavy atom. The molecule has 166 valence electrons. The van der Waals surface area contributed by atoms with Gasteiger partial charge in [0.05, 0.1) is 6.04 Å². The molecule has 2 N–H and O–H groups in total. The van der Waals surface area contributed by atoms with Gasteiger partial charge in [-0.05, 0) is 47.4 Å². The predicted octanol–water partition coefficient (Wildman–Crippen LogP) is 3.92. The molecule has 0 spiro atoms. The highest BCUT2D eigenvalue weighted by molar-refractivity contribution is 6.31. The molecule has 0 saturated carbocycles. The van der Waals surface area contributed by atoms with Crippen LogP contribution in [0.25, 0.3) is 0 Å². The Bertz CT molecular complexity index is 1050. The van der Waals surface area contributed by atoms with Gasteiger partial charge in [-0.2, -0.15) is 0 Å². The number of amides is 1. The van der Waals surface area contributed by atoms with Gasteiger partial charge < -0.3 is 10.6 Å². The van der Waals surface area contributed by atoms with E-state index in [9.17, 15) is 9.18 Å². The monoisotopic (exact) mass is 452 g/mol. The van der Waals surface area contributed by atoms with E-state index >= 15 is 0 Å². The van der Waals surface area contributed by atoms with Crippen LogP contribution in [0, 0.1) is 5.82 Å². The van der Waals surface area contributed by atoms with E-state index in [4.69, 9.17) is 11.6 Å². The molecule has 0 unspecified atom stereocenters. The summed E-state index contributed by atoms with van der Waals surface area (Å²) in [6, 6.07) is 17.9. The Balaban J connectivity index is 1.43. The van der Waals surface area contributed by atoms with Crippen molar-refractivity contribution in [2.24, 2.45) is 0 Å². The minimum absolute atomic E-state index is 0.0176. The molecule has 4 rings (SSSR count). The smallest absolute Gasteiger partial charge is 0.237 e. The van der Waals surface area contributed by atoms with Crippen LogP contribution < -0.4 is 10.6 Å². The molecular formula is C25H26ClFN4O. The fourth-order valence-corrected chi connectivity index (χ4v) is 4.26. The number of likely N-dealkylation sites (tertiary alicyclic amines) is 1. The van der Waals surface area contributed by atoms with Gasteiger partial charge in [0.25, 0.3) is 0 Å². The van der Waals surface area contributed by atoms with E-state index in [1.807, 2.05) is 42.5 Å². The van der Waals surface area contributed by atoms with Crippen LogP contribution in [-0.2, 0) is 24.4 Å². The molecule has 1 aromatic heterocycles. The van der Waals surface area contributed by atoms with Gasteiger partial charge in [-0.3, -0.25) is 14.7 Å². The number of aromatic nitrogens is 1. The lowest BCUT2D eigenvalue weighted by Gasteiger charge is -2.24. The van der Waals surface area contributed by atoms with Crippen molar-refractivity contribution in [2.75, 3.05) is 6.54 Å². The average molecular weight is 453 g/mol. The zero-order chi connectivity index (χ0) is 22.3. The summed E-state index contributed by atoms with van der Waals surface area (Å²) < 4.78 is 13.5. The van der Waals surface area contributed by atoms with Gasteiger partial charge in [-0.25, -0.2) is 4.39 Å². The molecule has 2 heterocycles.